The van der Waals surface area contributed by atoms with E-state index in [0.29, 0.717) is 12.0 Å². The van der Waals surface area contributed by atoms with E-state index in [1.54, 1.807) is 17.0 Å². The molecule has 0 heterocycles. The molecule has 1 rings (SSSR count). The summed E-state index contributed by atoms with van der Waals surface area (Å²) in [5.41, 5.74) is 1.53. The largest absolute Gasteiger partial charge is 0.395 e. The fourth-order valence-corrected chi connectivity index (χ4v) is 1.59. The van der Waals surface area contributed by atoms with Crippen LogP contribution in [0.2, 0.25) is 0 Å². The zero-order valence-electron chi connectivity index (χ0n) is 11.8. The van der Waals surface area contributed by atoms with Crippen LogP contribution in [0.5, 0.6) is 0 Å². The van der Waals surface area contributed by atoms with Gasteiger partial charge in [-0.15, -0.1) is 0 Å². The van der Waals surface area contributed by atoms with E-state index < -0.39 is 0 Å². The maximum absolute atomic E-state index is 12.2. The number of hydrogen-bond donors (Lipinski definition) is 1. The SMILES string of the molecule is CCC(C)N(C)C(=O)c1ccc(C#CCCO)cc1. The summed E-state index contributed by atoms with van der Waals surface area (Å²) >= 11 is 0. The van der Waals surface area contributed by atoms with Crippen molar-refractivity contribution in [2.24, 2.45) is 0 Å². The van der Waals surface area contributed by atoms with Gasteiger partial charge in [0.1, 0.15) is 0 Å². The summed E-state index contributed by atoms with van der Waals surface area (Å²) in [6.07, 6.45) is 1.41. The highest BCUT2D eigenvalue weighted by molar-refractivity contribution is 5.94. The lowest BCUT2D eigenvalue weighted by atomic mass is 10.1. The first kappa shape index (κ1) is 15.3. The molecule has 3 nitrogen and oxygen atoms in total. The maximum atomic E-state index is 12.2. The molecule has 1 N–H and O–H groups in total. The molecular formula is C16H21NO2. The first-order valence-corrected chi connectivity index (χ1v) is 6.57. The molecule has 0 saturated carbocycles. The fourth-order valence-electron chi connectivity index (χ4n) is 1.59. The Morgan fingerprint density at radius 3 is 2.53 bits per heavy atom. The van der Waals surface area contributed by atoms with Crippen LogP contribution in [0.3, 0.4) is 0 Å². The molecular weight excluding hydrogens is 238 g/mol. The van der Waals surface area contributed by atoms with E-state index in [1.807, 2.05) is 26.1 Å². The predicted octanol–water partition coefficient (Wildman–Crippen LogP) is 2.29. The minimum atomic E-state index is 0.0317. The Hall–Kier alpha value is -1.79. The molecule has 0 bridgehead atoms. The normalized spacial score (nSPS) is 11.4. The third kappa shape index (κ3) is 4.42. The van der Waals surface area contributed by atoms with Gasteiger partial charge < -0.3 is 10.0 Å². The number of amides is 1. The molecule has 3 heteroatoms. The van der Waals surface area contributed by atoms with E-state index in [1.165, 1.54) is 0 Å². The second kappa shape index (κ2) is 7.60. The van der Waals surface area contributed by atoms with E-state index in [2.05, 4.69) is 18.8 Å². The zero-order chi connectivity index (χ0) is 14.3. The smallest absolute Gasteiger partial charge is 0.253 e. The van der Waals surface area contributed by atoms with Gasteiger partial charge >= 0.3 is 0 Å². The van der Waals surface area contributed by atoms with Crippen molar-refractivity contribution in [3.05, 3.63) is 35.4 Å². The molecule has 0 saturated heterocycles. The lowest BCUT2D eigenvalue weighted by Gasteiger charge is -2.23. The lowest BCUT2D eigenvalue weighted by molar-refractivity contribution is 0.0740. The highest BCUT2D eigenvalue weighted by Gasteiger charge is 2.15. The van der Waals surface area contributed by atoms with Crippen LogP contribution in [-0.2, 0) is 0 Å². The molecule has 0 aliphatic rings. The summed E-state index contributed by atoms with van der Waals surface area (Å²) in [5, 5.41) is 8.64. The van der Waals surface area contributed by atoms with Crippen molar-refractivity contribution < 1.29 is 9.90 Å². The van der Waals surface area contributed by atoms with Crippen molar-refractivity contribution >= 4 is 5.91 Å². The van der Waals surface area contributed by atoms with Crippen molar-refractivity contribution in [3.63, 3.8) is 0 Å². The number of hydrogen-bond acceptors (Lipinski definition) is 2. The molecule has 0 spiro atoms. The predicted molar refractivity (Wildman–Crippen MR) is 76.9 cm³/mol. The van der Waals surface area contributed by atoms with Crippen LogP contribution in [-0.4, -0.2) is 35.6 Å². The van der Waals surface area contributed by atoms with E-state index in [9.17, 15) is 4.79 Å². The summed E-state index contributed by atoms with van der Waals surface area (Å²) in [6.45, 7) is 4.17. The molecule has 0 radical (unpaired) electrons. The van der Waals surface area contributed by atoms with E-state index in [0.717, 1.165) is 12.0 Å². The Labute approximate surface area is 115 Å². The van der Waals surface area contributed by atoms with Crippen LogP contribution in [0.1, 0.15) is 42.6 Å². The van der Waals surface area contributed by atoms with Crippen LogP contribution in [0, 0.1) is 11.8 Å². The third-order valence-electron chi connectivity index (χ3n) is 3.17. The van der Waals surface area contributed by atoms with Gasteiger partial charge in [0.05, 0.1) is 6.61 Å². The Morgan fingerprint density at radius 2 is 2.00 bits per heavy atom. The minimum absolute atomic E-state index is 0.0317. The zero-order valence-corrected chi connectivity index (χ0v) is 11.8. The molecule has 0 aliphatic carbocycles. The number of nitrogens with zero attached hydrogens (tertiary/aromatic N) is 1. The quantitative estimate of drug-likeness (QED) is 0.843. The number of carbonyl (C=O) groups is 1. The Kier molecular flexibility index (Phi) is 6.11. The summed E-state index contributed by atoms with van der Waals surface area (Å²) in [5.74, 6) is 5.83. The molecule has 1 aromatic rings. The van der Waals surface area contributed by atoms with Crippen LogP contribution >= 0.6 is 0 Å². The van der Waals surface area contributed by atoms with Crippen molar-refractivity contribution in [3.8, 4) is 11.8 Å². The van der Waals surface area contributed by atoms with Crippen molar-refractivity contribution in [2.75, 3.05) is 13.7 Å². The highest BCUT2D eigenvalue weighted by Crippen LogP contribution is 2.10. The first-order chi connectivity index (χ1) is 9.10. The Balaban J connectivity index is 2.76. The number of benzene rings is 1. The average molecular weight is 259 g/mol. The maximum Gasteiger partial charge on any atom is 0.253 e. The standard InChI is InChI=1S/C16H21NO2/c1-4-13(2)17(3)16(19)15-10-8-14(9-11-15)7-5-6-12-18/h8-11,13,18H,4,6,12H2,1-3H3. The van der Waals surface area contributed by atoms with Gasteiger partial charge in [-0.3, -0.25) is 4.79 Å². The van der Waals surface area contributed by atoms with E-state index >= 15 is 0 Å². The number of aliphatic hydroxyl groups excluding tert-OH is 1. The second-order valence-electron chi connectivity index (χ2n) is 4.53. The summed E-state index contributed by atoms with van der Waals surface area (Å²) < 4.78 is 0. The lowest BCUT2D eigenvalue weighted by Crippen LogP contribution is -2.34. The Bertz CT molecular complexity index is 468. The molecule has 0 aliphatic heterocycles. The van der Waals surface area contributed by atoms with Crippen molar-refractivity contribution in [1.82, 2.24) is 4.90 Å². The average Bonchev–Trinajstić information content (AvgIpc) is 2.46. The van der Waals surface area contributed by atoms with Crippen molar-refractivity contribution in [2.45, 2.75) is 32.7 Å². The van der Waals surface area contributed by atoms with Crippen LogP contribution in [0.15, 0.2) is 24.3 Å². The van der Waals surface area contributed by atoms with E-state index in [4.69, 9.17) is 5.11 Å². The first-order valence-electron chi connectivity index (χ1n) is 6.57. The minimum Gasteiger partial charge on any atom is -0.395 e. The Morgan fingerprint density at radius 1 is 1.37 bits per heavy atom. The fraction of sp³-hybridized carbons (Fsp3) is 0.438. The second-order valence-corrected chi connectivity index (χ2v) is 4.53. The highest BCUT2D eigenvalue weighted by atomic mass is 16.2. The van der Waals surface area contributed by atoms with Gasteiger partial charge in [-0.2, -0.15) is 0 Å². The van der Waals surface area contributed by atoms with Gasteiger partial charge in [0.25, 0.3) is 5.91 Å². The van der Waals surface area contributed by atoms with Gasteiger partial charge in [-0.05, 0) is 37.6 Å². The van der Waals surface area contributed by atoms with Crippen LogP contribution in [0.25, 0.3) is 0 Å². The molecule has 1 aromatic carbocycles. The number of carbonyl (C=O) groups excluding carboxylic acids is 1. The molecule has 1 atom stereocenters. The molecule has 1 unspecified atom stereocenters. The monoisotopic (exact) mass is 259 g/mol. The van der Waals surface area contributed by atoms with Gasteiger partial charge in [0.15, 0.2) is 0 Å². The number of rotatable bonds is 4. The third-order valence-corrected chi connectivity index (χ3v) is 3.17. The summed E-state index contributed by atoms with van der Waals surface area (Å²) in [4.78, 5) is 13.9. The van der Waals surface area contributed by atoms with Crippen LogP contribution < -0.4 is 0 Å². The van der Waals surface area contributed by atoms with Gasteiger partial charge in [-0.25, -0.2) is 0 Å². The van der Waals surface area contributed by atoms with Crippen LogP contribution in [0.4, 0.5) is 0 Å². The van der Waals surface area contributed by atoms with Crippen molar-refractivity contribution in [1.29, 1.82) is 0 Å². The summed E-state index contributed by atoms with van der Waals surface area (Å²) in [6, 6.07) is 7.50. The molecule has 0 fully saturated rings. The van der Waals surface area contributed by atoms with Gasteiger partial charge in [-0.1, -0.05) is 18.8 Å². The number of aliphatic hydroxyl groups is 1. The molecule has 1 amide bonds. The summed E-state index contributed by atoms with van der Waals surface area (Å²) in [7, 11) is 1.82. The molecule has 19 heavy (non-hydrogen) atoms. The van der Waals surface area contributed by atoms with E-state index in [-0.39, 0.29) is 18.6 Å². The van der Waals surface area contributed by atoms with Gasteiger partial charge in [0, 0.05) is 30.6 Å². The molecule has 102 valence electrons. The molecule has 0 aromatic heterocycles. The van der Waals surface area contributed by atoms with Gasteiger partial charge in [0.2, 0.25) is 0 Å². The topological polar surface area (TPSA) is 40.5 Å².